The van der Waals surface area contributed by atoms with E-state index in [0.717, 1.165) is 21.5 Å². The normalized spacial score (nSPS) is 21.0. The summed E-state index contributed by atoms with van der Waals surface area (Å²) in [5, 5.41) is 6.98. The van der Waals surface area contributed by atoms with Gasteiger partial charge in [-0.25, -0.2) is 4.79 Å². The van der Waals surface area contributed by atoms with Crippen LogP contribution in [0.5, 0.6) is 0 Å². The fourth-order valence-corrected chi connectivity index (χ4v) is 2.55. The van der Waals surface area contributed by atoms with Crippen molar-refractivity contribution in [1.82, 2.24) is 10.6 Å². The number of amides is 1. The first-order valence-electron chi connectivity index (χ1n) is 6.91. The topological polar surface area (TPSA) is 50.4 Å². The lowest BCUT2D eigenvalue weighted by Crippen LogP contribution is -2.36. The zero-order chi connectivity index (χ0) is 15.6. The second kappa shape index (κ2) is 6.55. The summed E-state index contributed by atoms with van der Waals surface area (Å²) in [6.07, 6.45) is 0.544. The number of alkyl carbamates (subject to hydrolysis) is 1. The average Bonchev–Trinajstić information content (AvgIpc) is 3.06. The Morgan fingerprint density at radius 1 is 1.43 bits per heavy atom. The molecule has 1 amide bonds. The number of hydrogen-bond acceptors (Lipinski definition) is 3. The Balaban J connectivity index is 1.75. The SMILES string of the molecule is CC(C)(C)OC(=O)NC1CC1NCc1cc(Br)ccc1Cl. The Labute approximate surface area is 138 Å². The molecule has 116 valence electrons. The zero-order valence-corrected chi connectivity index (χ0v) is 14.7. The van der Waals surface area contributed by atoms with Crippen molar-refractivity contribution in [1.29, 1.82) is 0 Å². The molecule has 1 aromatic carbocycles. The van der Waals surface area contributed by atoms with Gasteiger partial charge in [0.25, 0.3) is 0 Å². The van der Waals surface area contributed by atoms with Gasteiger partial charge in [-0.1, -0.05) is 27.5 Å². The molecule has 1 aromatic rings. The van der Waals surface area contributed by atoms with Crippen molar-refractivity contribution in [2.24, 2.45) is 0 Å². The highest BCUT2D eigenvalue weighted by Gasteiger charge is 2.38. The molecule has 1 fully saturated rings. The van der Waals surface area contributed by atoms with Crippen molar-refractivity contribution >= 4 is 33.6 Å². The van der Waals surface area contributed by atoms with Gasteiger partial charge >= 0.3 is 6.09 Å². The molecule has 0 radical (unpaired) electrons. The second-order valence-corrected chi connectivity index (χ2v) is 7.53. The molecular formula is C15H20BrClN2O2. The van der Waals surface area contributed by atoms with Gasteiger partial charge in [-0.15, -0.1) is 0 Å². The number of rotatable bonds is 4. The molecule has 0 saturated heterocycles. The maximum Gasteiger partial charge on any atom is 0.407 e. The molecule has 2 N–H and O–H groups in total. The molecule has 21 heavy (non-hydrogen) atoms. The van der Waals surface area contributed by atoms with E-state index in [-0.39, 0.29) is 18.2 Å². The summed E-state index contributed by atoms with van der Waals surface area (Å²) in [7, 11) is 0. The fourth-order valence-electron chi connectivity index (χ4n) is 1.96. The van der Waals surface area contributed by atoms with E-state index in [2.05, 4.69) is 26.6 Å². The third kappa shape index (κ3) is 5.49. The van der Waals surface area contributed by atoms with E-state index < -0.39 is 5.60 Å². The van der Waals surface area contributed by atoms with Crippen LogP contribution in [0.3, 0.4) is 0 Å². The molecule has 1 saturated carbocycles. The first-order valence-corrected chi connectivity index (χ1v) is 8.08. The van der Waals surface area contributed by atoms with Crippen LogP contribution < -0.4 is 10.6 Å². The molecule has 0 heterocycles. The summed E-state index contributed by atoms with van der Waals surface area (Å²) < 4.78 is 6.23. The maximum atomic E-state index is 11.6. The summed E-state index contributed by atoms with van der Waals surface area (Å²) in [4.78, 5) is 11.6. The van der Waals surface area contributed by atoms with Gasteiger partial charge < -0.3 is 15.4 Å². The van der Waals surface area contributed by atoms with Crippen LogP contribution in [-0.4, -0.2) is 23.8 Å². The van der Waals surface area contributed by atoms with Crippen molar-refractivity contribution < 1.29 is 9.53 Å². The van der Waals surface area contributed by atoms with E-state index in [4.69, 9.17) is 16.3 Å². The average molecular weight is 376 g/mol. The third-order valence-corrected chi connectivity index (χ3v) is 3.92. The van der Waals surface area contributed by atoms with Gasteiger partial charge in [-0.05, 0) is 51.0 Å². The lowest BCUT2D eigenvalue weighted by molar-refractivity contribution is 0.0522. The van der Waals surface area contributed by atoms with Gasteiger partial charge in [0.2, 0.25) is 0 Å². The number of ether oxygens (including phenoxy) is 1. The van der Waals surface area contributed by atoms with E-state index >= 15 is 0 Å². The van der Waals surface area contributed by atoms with Gasteiger partial charge in [-0.3, -0.25) is 0 Å². The summed E-state index contributed by atoms with van der Waals surface area (Å²) in [6, 6.07) is 6.17. The van der Waals surface area contributed by atoms with Crippen LogP contribution in [0.1, 0.15) is 32.8 Å². The molecule has 1 aliphatic rings. The quantitative estimate of drug-likeness (QED) is 0.840. The Bertz CT molecular complexity index is 531. The van der Waals surface area contributed by atoms with Crippen LogP contribution in [0.25, 0.3) is 0 Å². The van der Waals surface area contributed by atoms with E-state index in [1.807, 2.05) is 39.0 Å². The smallest absolute Gasteiger partial charge is 0.407 e. The predicted molar refractivity (Wildman–Crippen MR) is 87.6 cm³/mol. The number of nitrogens with one attached hydrogen (secondary N) is 2. The first kappa shape index (κ1) is 16.6. The van der Waals surface area contributed by atoms with Gasteiger partial charge in [0.15, 0.2) is 0 Å². The van der Waals surface area contributed by atoms with Crippen LogP contribution in [0.4, 0.5) is 4.79 Å². The van der Waals surface area contributed by atoms with Gasteiger partial charge in [0, 0.05) is 28.1 Å². The minimum Gasteiger partial charge on any atom is -0.444 e. The molecule has 0 bridgehead atoms. The number of halogens is 2. The number of hydrogen-bond donors (Lipinski definition) is 2. The largest absolute Gasteiger partial charge is 0.444 e. The molecule has 0 aliphatic heterocycles. The minimum absolute atomic E-state index is 0.130. The fraction of sp³-hybridized carbons (Fsp3) is 0.533. The lowest BCUT2D eigenvalue weighted by atomic mass is 10.2. The lowest BCUT2D eigenvalue weighted by Gasteiger charge is -2.19. The Hall–Kier alpha value is -0.780. The highest BCUT2D eigenvalue weighted by atomic mass is 79.9. The van der Waals surface area contributed by atoms with E-state index in [1.165, 1.54) is 0 Å². The Morgan fingerprint density at radius 2 is 2.14 bits per heavy atom. The van der Waals surface area contributed by atoms with Crippen molar-refractivity contribution in [2.45, 2.75) is 51.4 Å². The third-order valence-electron chi connectivity index (χ3n) is 3.06. The summed E-state index contributed by atoms with van der Waals surface area (Å²) in [5.74, 6) is 0. The maximum absolute atomic E-state index is 11.6. The number of carbonyl (C=O) groups is 1. The van der Waals surface area contributed by atoms with Crippen LogP contribution in [0.15, 0.2) is 22.7 Å². The molecule has 1 aliphatic carbocycles. The highest BCUT2D eigenvalue weighted by Crippen LogP contribution is 2.25. The molecule has 0 spiro atoms. The van der Waals surface area contributed by atoms with Crippen LogP contribution in [0, 0.1) is 0 Å². The minimum atomic E-state index is -0.467. The Kier molecular flexibility index (Phi) is 5.17. The molecule has 4 nitrogen and oxygen atoms in total. The van der Waals surface area contributed by atoms with E-state index in [9.17, 15) is 4.79 Å². The number of carbonyl (C=O) groups excluding carboxylic acids is 1. The highest BCUT2D eigenvalue weighted by molar-refractivity contribution is 9.10. The first-order chi connectivity index (χ1) is 9.74. The zero-order valence-electron chi connectivity index (χ0n) is 12.4. The van der Waals surface area contributed by atoms with Gasteiger partial charge in [0.05, 0.1) is 0 Å². The van der Waals surface area contributed by atoms with Crippen LogP contribution >= 0.6 is 27.5 Å². The van der Waals surface area contributed by atoms with E-state index in [1.54, 1.807) is 0 Å². The molecule has 2 unspecified atom stereocenters. The van der Waals surface area contributed by atoms with Crippen molar-refractivity contribution in [2.75, 3.05) is 0 Å². The molecular weight excluding hydrogens is 356 g/mol. The van der Waals surface area contributed by atoms with Gasteiger partial charge in [-0.2, -0.15) is 0 Å². The molecule has 0 aromatic heterocycles. The number of benzene rings is 1. The standard InChI is InChI=1S/C15H20BrClN2O2/c1-15(2,3)21-14(20)19-13-7-12(13)18-8-9-6-10(16)4-5-11(9)17/h4-6,12-13,18H,7-8H2,1-3H3,(H,19,20). The molecule has 2 rings (SSSR count). The predicted octanol–water partition coefficient (Wildman–Crippen LogP) is 3.86. The monoisotopic (exact) mass is 374 g/mol. The second-order valence-electron chi connectivity index (χ2n) is 6.21. The summed E-state index contributed by atoms with van der Waals surface area (Å²) >= 11 is 9.57. The van der Waals surface area contributed by atoms with Crippen molar-refractivity contribution in [3.05, 3.63) is 33.3 Å². The van der Waals surface area contributed by atoms with Crippen LogP contribution in [0.2, 0.25) is 5.02 Å². The molecule has 6 heteroatoms. The van der Waals surface area contributed by atoms with Gasteiger partial charge in [0.1, 0.15) is 5.60 Å². The Morgan fingerprint density at radius 3 is 2.81 bits per heavy atom. The van der Waals surface area contributed by atoms with Crippen molar-refractivity contribution in [3.63, 3.8) is 0 Å². The summed E-state index contributed by atoms with van der Waals surface area (Å²) in [5.41, 5.74) is 0.570. The van der Waals surface area contributed by atoms with E-state index in [0.29, 0.717) is 6.54 Å². The molecule has 2 atom stereocenters. The van der Waals surface area contributed by atoms with Crippen LogP contribution in [-0.2, 0) is 11.3 Å². The van der Waals surface area contributed by atoms with Crippen molar-refractivity contribution in [3.8, 4) is 0 Å². The summed E-state index contributed by atoms with van der Waals surface area (Å²) in [6.45, 7) is 6.23.